The minimum Gasteiger partial charge on any atom is -0.354 e. The van der Waals surface area contributed by atoms with E-state index < -0.39 is 0 Å². The van der Waals surface area contributed by atoms with Gasteiger partial charge in [-0.2, -0.15) is 5.10 Å². The van der Waals surface area contributed by atoms with Gasteiger partial charge in [0.15, 0.2) is 0 Å². The SMILES string of the molecule is CCCN(Cc1c(C)nn(-c2ccccc2)c1N1CCN(CC)CC1)C(=O)Nc1cccc(C)c1. The minimum atomic E-state index is -0.0777. The van der Waals surface area contributed by atoms with Gasteiger partial charge in [-0.15, -0.1) is 0 Å². The van der Waals surface area contributed by atoms with E-state index in [1.807, 2.05) is 54.3 Å². The number of carbonyl (C=O) groups excluding carboxylic acids is 1. The molecule has 1 fully saturated rings. The molecule has 2 heterocycles. The van der Waals surface area contributed by atoms with Crippen molar-refractivity contribution in [1.29, 1.82) is 0 Å². The van der Waals surface area contributed by atoms with Crippen LogP contribution >= 0.6 is 0 Å². The molecule has 3 aromatic rings. The maximum Gasteiger partial charge on any atom is 0.322 e. The lowest BCUT2D eigenvalue weighted by Gasteiger charge is -2.36. The Bertz CT molecular complexity index is 1120. The molecule has 2 aromatic carbocycles. The van der Waals surface area contributed by atoms with Crippen LogP contribution < -0.4 is 10.2 Å². The van der Waals surface area contributed by atoms with Crippen molar-refractivity contribution in [2.75, 3.05) is 49.5 Å². The summed E-state index contributed by atoms with van der Waals surface area (Å²) in [4.78, 5) is 20.2. The summed E-state index contributed by atoms with van der Waals surface area (Å²) < 4.78 is 2.06. The summed E-state index contributed by atoms with van der Waals surface area (Å²) in [5.74, 6) is 1.11. The number of hydrogen-bond donors (Lipinski definition) is 1. The summed E-state index contributed by atoms with van der Waals surface area (Å²) in [5, 5.41) is 8.06. The number of nitrogens with one attached hydrogen (secondary N) is 1. The number of hydrogen-bond acceptors (Lipinski definition) is 4. The van der Waals surface area contributed by atoms with Gasteiger partial charge in [0.05, 0.1) is 17.9 Å². The highest BCUT2D eigenvalue weighted by atomic mass is 16.2. The molecular formula is C28H38N6O. The van der Waals surface area contributed by atoms with Crippen molar-refractivity contribution in [3.05, 3.63) is 71.4 Å². The van der Waals surface area contributed by atoms with Gasteiger partial charge in [-0.1, -0.05) is 44.2 Å². The van der Waals surface area contributed by atoms with Crippen molar-refractivity contribution in [3.8, 4) is 5.69 Å². The summed E-state index contributed by atoms with van der Waals surface area (Å²) >= 11 is 0. The molecule has 0 saturated carbocycles. The lowest BCUT2D eigenvalue weighted by molar-refractivity contribution is 0.209. The molecule has 1 N–H and O–H groups in total. The fraction of sp³-hybridized carbons (Fsp3) is 0.429. The first-order valence-corrected chi connectivity index (χ1v) is 12.7. The van der Waals surface area contributed by atoms with Gasteiger partial charge in [0.25, 0.3) is 0 Å². The molecule has 0 spiro atoms. The van der Waals surface area contributed by atoms with Gasteiger partial charge in [0.1, 0.15) is 5.82 Å². The number of aryl methyl sites for hydroxylation is 2. The summed E-state index contributed by atoms with van der Waals surface area (Å²) in [7, 11) is 0. The number of amides is 2. The Morgan fingerprint density at radius 2 is 1.74 bits per heavy atom. The Morgan fingerprint density at radius 1 is 1.00 bits per heavy atom. The largest absolute Gasteiger partial charge is 0.354 e. The quantitative estimate of drug-likeness (QED) is 0.495. The molecule has 1 aromatic heterocycles. The van der Waals surface area contributed by atoms with E-state index in [0.29, 0.717) is 13.1 Å². The number of aromatic nitrogens is 2. The molecule has 0 atom stereocenters. The van der Waals surface area contributed by atoms with Crippen LogP contribution in [0, 0.1) is 13.8 Å². The summed E-state index contributed by atoms with van der Waals surface area (Å²) in [6.07, 6.45) is 0.887. The smallest absolute Gasteiger partial charge is 0.322 e. The third-order valence-electron chi connectivity index (χ3n) is 6.68. The van der Waals surface area contributed by atoms with Gasteiger partial charge in [-0.3, -0.25) is 0 Å². The van der Waals surface area contributed by atoms with E-state index in [9.17, 15) is 4.79 Å². The predicted molar refractivity (Wildman–Crippen MR) is 144 cm³/mol. The second-order valence-electron chi connectivity index (χ2n) is 9.28. The number of piperazine rings is 1. The third-order valence-corrected chi connectivity index (χ3v) is 6.68. The Balaban J connectivity index is 1.66. The fourth-order valence-electron chi connectivity index (χ4n) is 4.72. The summed E-state index contributed by atoms with van der Waals surface area (Å²) in [6.45, 7) is 14.6. The fourth-order valence-corrected chi connectivity index (χ4v) is 4.72. The molecule has 0 aliphatic carbocycles. The van der Waals surface area contributed by atoms with Gasteiger partial charge in [-0.05, 0) is 56.6 Å². The minimum absolute atomic E-state index is 0.0777. The van der Waals surface area contributed by atoms with Crippen LogP contribution in [-0.4, -0.2) is 64.9 Å². The van der Waals surface area contributed by atoms with Crippen molar-refractivity contribution in [3.63, 3.8) is 0 Å². The highest BCUT2D eigenvalue weighted by Gasteiger charge is 2.27. The predicted octanol–water partition coefficient (Wildman–Crippen LogP) is 5.08. The van der Waals surface area contributed by atoms with E-state index in [-0.39, 0.29) is 6.03 Å². The first kappa shape index (κ1) is 24.8. The molecule has 0 unspecified atom stereocenters. The van der Waals surface area contributed by atoms with Gasteiger partial charge < -0.3 is 20.0 Å². The average Bonchev–Trinajstić information content (AvgIpc) is 3.20. The van der Waals surface area contributed by atoms with Gasteiger partial charge in [-0.25, -0.2) is 9.48 Å². The number of benzene rings is 2. The normalized spacial score (nSPS) is 14.2. The van der Waals surface area contributed by atoms with E-state index in [0.717, 1.165) is 73.2 Å². The van der Waals surface area contributed by atoms with Crippen LogP contribution in [0.4, 0.5) is 16.3 Å². The number of rotatable bonds is 8. The van der Waals surface area contributed by atoms with Crippen molar-refractivity contribution >= 4 is 17.5 Å². The first-order chi connectivity index (χ1) is 17.0. The van der Waals surface area contributed by atoms with Crippen molar-refractivity contribution < 1.29 is 4.79 Å². The molecule has 1 aliphatic heterocycles. The maximum absolute atomic E-state index is 13.3. The van der Waals surface area contributed by atoms with Gasteiger partial charge >= 0.3 is 6.03 Å². The lowest BCUT2D eigenvalue weighted by atomic mass is 10.2. The number of anilines is 2. The second-order valence-corrected chi connectivity index (χ2v) is 9.28. The first-order valence-electron chi connectivity index (χ1n) is 12.7. The average molecular weight is 475 g/mol. The lowest BCUT2D eigenvalue weighted by Crippen LogP contribution is -2.47. The van der Waals surface area contributed by atoms with Crippen molar-refractivity contribution in [2.45, 2.75) is 40.7 Å². The molecule has 35 heavy (non-hydrogen) atoms. The van der Waals surface area contributed by atoms with E-state index in [4.69, 9.17) is 5.10 Å². The zero-order chi connectivity index (χ0) is 24.8. The second kappa shape index (κ2) is 11.4. The molecule has 0 bridgehead atoms. The molecule has 0 radical (unpaired) electrons. The van der Waals surface area contributed by atoms with Gasteiger partial charge in [0.2, 0.25) is 0 Å². The molecular weight excluding hydrogens is 436 g/mol. The van der Waals surface area contributed by atoms with E-state index in [2.05, 4.69) is 52.7 Å². The number of carbonyl (C=O) groups is 1. The molecule has 1 saturated heterocycles. The van der Waals surface area contributed by atoms with Crippen LogP contribution in [0.15, 0.2) is 54.6 Å². The van der Waals surface area contributed by atoms with Crippen LogP contribution in [-0.2, 0) is 6.54 Å². The van der Waals surface area contributed by atoms with E-state index in [1.165, 1.54) is 0 Å². The number of para-hydroxylation sites is 1. The molecule has 186 valence electrons. The highest BCUT2D eigenvalue weighted by molar-refractivity contribution is 5.89. The molecule has 2 amide bonds. The number of likely N-dealkylation sites (N-methyl/N-ethyl adjacent to an activating group) is 1. The Labute approximate surface area is 209 Å². The zero-order valence-corrected chi connectivity index (χ0v) is 21.5. The Hall–Kier alpha value is -3.32. The summed E-state index contributed by atoms with van der Waals surface area (Å²) in [5.41, 5.74) is 5.07. The monoisotopic (exact) mass is 474 g/mol. The molecule has 4 rings (SSSR count). The topological polar surface area (TPSA) is 56.6 Å². The standard InChI is InChI=1S/C28H38N6O/c1-5-15-33(28(35)29-24-12-10-11-22(3)20-24)21-26-23(4)30-34(25-13-8-7-9-14-25)27(26)32-18-16-31(6-2)17-19-32/h7-14,20H,5-6,15-19,21H2,1-4H3,(H,29,35). The Morgan fingerprint density at radius 3 is 2.40 bits per heavy atom. The number of nitrogens with zero attached hydrogens (tertiary/aromatic N) is 5. The van der Waals surface area contributed by atoms with Crippen molar-refractivity contribution in [2.24, 2.45) is 0 Å². The molecule has 1 aliphatic rings. The van der Waals surface area contributed by atoms with E-state index >= 15 is 0 Å². The van der Waals surface area contributed by atoms with Crippen LogP contribution in [0.5, 0.6) is 0 Å². The zero-order valence-electron chi connectivity index (χ0n) is 21.5. The van der Waals surface area contributed by atoms with Crippen LogP contribution in [0.1, 0.15) is 37.1 Å². The number of urea groups is 1. The van der Waals surface area contributed by atoms with Crippen LogP contribution in [0.25, 0.3) is 5.69 Å². The summed E-state index contributed by atoms with van der Waals surface area (Å²) in [6, 6.07) is 18.2. The van der Waals surface area contributed by atoms with E-state index in [1.54, 1.807) is 0 Å². The van der Waals surface area contributed by atoms with Crippen LogP contribution in [0.3, 0.4) is 0 Å². The third kappa shape index (κ3) is 5.85. The van der Waals surface area contributed by atoms with Crippen LogP contribution in [0.2, 0.25) is 0 Å². The van der Waals surface area contributed by atoms with Gasteiger partial charge in [0, 0.05) is 44.0 Å². The highest BCUT2D eigenvalue weighted by Crippen LogP contribution is 2.30. The molecule has 7 heteroatoms. The Kier molecular flexibility index (Phi) is 8.08. The molecule has 7 nitrogen and oxygen atoms in total. The van der Waals surface area contributed by atoms with Crippen molar-refractivity contribution in [1.82, 2.24) is 19.6 Å². The maximum atomic E-state index is 13.3.